The molecule has 0 saturated carbocycles. The number of halogens is 1. The SMILES string of the molecule is Cl.[2H]c1c([2H])c([2H])c(N(C(=O)CC)C2CCN(CCc3ccccc3)CC2)c([2H])c1[2H]. The quantitative estimate of drug-likeness (QED) is 0.736. The van der Waals surface area contributed by atoms with E-state index < -0.39 is 18.1 Å². The number of likely N-dealkylation sites (tertiary alicyclic amines) is 1. The van der Waals surface area contributed by atoms with E-state index in [9.17, 15) is 4.79 Å². The Morgan fingerprint density at radius 2 is 1.81 bits per heavy atom. The van der Waals surface area contributed by atoms with Gasteiger partial charge in [0.25, 0.3) is 0 Å². The van der Waals surface area contributed by atoms with Crippen LogP contribution in [0.25, 0.3) is 0 Å². The Kier molecular flexibility index (Phi) is 5.67. The molecule has 1 amide bonds. The predicted octanol–water partition coefficient (Wildman–Crippen LogP) is 4.56. The van der Waals surface area contributed by atoms with Gasteiger partial charge in [-0.1, -0.05) is 55.4 Å². The predicted molar refractivity (Wildman–Crippen MR) is 111 cm³/mol. The Morgan fingerprint density at radius 3 is 2.42 bits per heavy atom. The Hall–Kier alpha value is -1.84. The van der Waals surface area contributed by atoms with Crippen molar-refractivity contribution in [2.75, 3.05) is 24.5 Å². The van der Waals surface area contributed by atoms with Crippen molar-refractivity contribution in [1.29, 1.82) is 0 Å². The van der Waals surface area contributed by atoms with Gasteiger partial charge in [-0.3, -0.25) is 4.79 Å². The van der Waals surface area contributed by atoms with Crippen LogP contribution >= 0.6 is 12.4 Å². The minimum absolute atomic E-state index is 0. The molecule has 1 aliphatic heterocycles. The largest absolute Gasteiger partial charge is 0.309 e. The zero-order valence-corrected chi connectivity index (χ0v) is 15.9. The molecule has 2 aromatic rings. The lowest BCUT2D eigenvalue weighted by molar-refractivity contribution is -0.119. The summed E-state index contributed by atoms with van der Waals surface area (Å²) < 4.78 is 40.3. The smallest absolute Gasteiger partial charge is 0.226 e. The third-order valence-electron chi connectivity index (χ3n) is 4.78. The van der Waals surface area contributed by atoms with E-state index in [0.717, 1.165) is 26.1 Å². The third kappa shape index (κ3) is 5.33. The van der Waals surface area contributed by atoms with Crippen molar-refractivity contribution in [2.45, 2.75) is 38.6 Å². The van der Waals surface area contributed by atoms with Gasteiger partial charge in [-0.15, -0.1) is 12.4 Å². The molecule has 1 aliphatic rings. The molecule has 1 saturated heterocycles. The number of hydrogen-bond acceptors (Lipinski definition) is 2. The summed E-state index contributed by atoms with van der Waals surface area (Å²) in [6.45, 7) is 4.29. The van der Waals surface area contributed by atoms with E-state index in [1.54, 1.807) is 6.92 Å². The van der Waals surface area contributed by atoms with Gasteiger partial charge < -0.3 is 9.80 Å². The maximum atomic E-state index is 12.8. The van der Waals surface area contributed by atoms with Crippen LogP contribution in [0.5, 0.6) is 0 Å². The molecule has 1 heterocycles. The minimum atomic E-state index is -0.437. The summed E-state index contributed by atoms with van der Waals surface area (Å²) >= 11 is 0. The summed E-state index contributed by atoms with van der Waals surface area (Å²) in [4.78, 5) is 16.6. The van der Waals surface area contributed by atoms with Crippen LogP contribution in [0.3, 0.4) is 0 Å². The molecular weight excluding hydrogens is 344 g/mol. The van der Waals surface area contributed by atoms with Crippen molar-refractivity contribution in [1.82, 2.24) is 4.90 Å². The second-order valence-electron chi connectivity index (χ2n) is 6.40. The zero-order chi connectivity index (χ0) is 21.8. The van der Waals surface area contributed by atoms with Gasteiger partial charge in [0.2, 0.25) is 5.91 Å². The van der Waals surface area contributed by atoms with Crippen LogP contribution in [0.2, 0.25) is 0 Å². The fraction of sp³-hybridized carbons (Fsp3) is 0.409. The maximum absolute atomic E-state index is 12.8. The van der Waals surface area contributed by atoms with Crippen molar-refractivity contribution in [3.05, 3.63) is 66.1 Å². The van der Waals surface area contributed by atoms with Crippen LogP contribution in [-0.4, -0.2) is 36.5 Å². The van der Waals surface area contributed by atoms with E-state index in [4.69, 9.17) is 6.85 Å². The van der Waals surface area contributed by atoms with E-state index in [2.05, 4.69) is 17.0 Å². The fourth-order valence-electron chi connectivity index (χ4n) is 3.38. The van der Waals surface area contributed by atoms with Gasteiger partial charge >= 0.3 is 0 Å². The first kappa shape index (κ1) is 14.2. The molecule has 140 valence electrons. The summed E-state index contributed by atoms with van der Waals surface area (Å²) in [6, 6.07) is 8.28. The van der Waals surface area contributed by atoms with Crippen LogP contribution < -0.4 is 4.90 Å². The van der Waals surface area contributed by atoms with Gasteiger partial charge in [0.05, 0.1) is 6.85 Å². The summed E-state index contributed by atoms with van der Waals surface area (Å²) in [5.74, 6) is -0.212. The number of carbonyl (C=O) groups is 1. The lowest BCUT2D eigenvalue weighted by Gasteiger charge is -2.38. The number of rotatable bonds is 6. The second kappa shape index (κ2) is 10.3. The first-order valence-electron chi connectivity index (χ1n) is 11.5. The Balaban J connectivity index is 0.00000341. The molecule has 0 atom stereocenters. The van der Waals surface area contributed by atoms with E-state index in [1.165, 1.54) is 10.5 Å². The van der Waals surface area contributed by atoms with Gasteiger partial charge in [-0.2, -0.15) is 0 Å². The zero-order valence-electron chi connectivity index (χ0n) is 20.1. The molecule has 2 aromatic carbocycles. The number of amides is 1. The number of piperidine rings is 1. The summed E-state index contributed by atoms with van der Waals surface area (Å²) in [6.07, 6.45) is 2.61. The van der Waals surface area contributed by atoms with Gasteiger partial charge in [0.1, 0.15) is 0 Å². The molecule has 0 aromatic heterocycles. The van der Waals surface area contributed by atoms with E-state index >= 15 is 0 Å². The van der Waals surface area contributed by atoms with Crippen LogP contribution in [0, 0.1) is 0 Å². The normalized spacial score (nSPS) is 18.0. The Morgan fingerprint density at radius 1 is 1.15 bits per heavy atom. The molecule has 0 N–H and O–H groups in total. The maximum Gasteiger partial charge on any atom is 0.226 e. The van der Waals surface area contributed by atoms with Crippen molar-refractivity contribution in [3.63, 3.8) is 0 Å². The van der Waals surface area contributed by atoms with Crippen molar-refractivity contribution >= 4 is 24.0 Å². The van der Waals surface area contributed by atoms with E-state index in [-0.39, 0.29) is 48.5 Å². The molecule has 3 rings (SSSR count). The molecule has 0 bridgehead atoms. The average molecular weight is 378 g/mol. The Bertz CT molecular complexity index is 876. The number of para-hydroxylation sites is 1. The molecule has 0 aliphatic carbocycles. The number of nitrogens with zero attached hydrogens (tertiary/aromatic N) is 2. The fourth-order valence-corrected chi connectivity index (χ4v) is 3.38. The highest BCUT2D eigenvalue weighted by molar-refractivity contribution is 5.93. The number of carbonyl (C=O) groups excluding carboxylic acids is 1. The first-order valence-corrected chi connectivity index (χ1v) is 9.00. The third-order valence-corrected chi connectivity index (χ3v) is 4.78. The Labute approximate surface area is 170 Å². The first-order chi connectivity index (χ1) is 14.3. The van der Waals surface area contributed by atoms with E-state index in [0.29, 0.717) is 12.8 Å². The molecule has 3 nitrogen and oxygen atoms in total. The average Bonchev–Trinajstić information content (AvgIpc) is 2.78. The summed E-state index contributed by atoms with van der Waals surface area (Å²) in [5.41, 5.74) is 1.30. The summed E-state index contributed by atoms with van der Waals surface area (Å²) in [7, 11) is 0. The number of benzene rings is 2. The van der Waals surface area contributed by atoms with Gasteiger partial charge in [0.15, 0.2) is 0 Å². The molecule has 0 radical (unpaired) electrons. The molecule has 1 fully saturated rings. The van der Waals surface area contributed by atoms with Gasteiger partial charge in [-0.05, 0) is 36.9 Å². The van der Waals surface area contributed by atoms with Gasteiger partial charge in [-0.25, -0.2) is 0 Å². The molecule has 0 unspecified atom stereocenters. The lowest BCUT2D eigenvalue weighted by Crippen LogP contribution is -2.47. The van der Waals surface area contributed by atoms with Crippen molar-refractivity contribution in [2.24, 2.45) is 0 Å². The van der Waals surface area contributed by atoms with E-state index in [1.807, 2.05) is 18.2 Å². The standard InChI is InChI=1S/C22H28N2O.ClH/c1-2-22(25)24(20-11-7-4-8-12-20)21-14-17-23(18-15-21)16-13-19-9-5-3-6-10-19;/h3-12,21H,2,13-18H2,1H3;1H/i4D,7D,8D,11D,12D;. The van der Waals surface area contributed by atoms with Crippen LogP contribution in [0.1, 0.15) is 38.6 Å². The van der Waals surface area contributed by atoms with Gasteiger partial charge in [0, 0.05) is 37.8 Å². The van der Waals surface area contributed by atoms with Crippen LogP contribution in [0.4, 0.5) is 5.69 Å². The molecular formula is C22H29ClN2O. The monoisotopic (exact) mass is 377 g/mol. The van der Waals surface area contributed by atoms with Crippen LogP contribution in [0.15, 0.2) is 60.5 Å². The molecule has 0 spiro atoms. The highest BCUT2D eigenvalue weighted by atomic mass is 35.5. The van der Waals surface area contributed by atoms with Crippen molar-refractivity contribution < 1.29 is 11.6 Å². The van der Waals surface area contributed by atoms with Crippen molar-refractivity contribution in [3.8, 4) is 0 Å². The number of hydrogen-bond donors (Lipinski definition) is 0. The van der Waals surface area contributed by atoms with Crippen LogP contribution in [-0.2, 0) is 11.2 Å². The highest BCUT2D eigenvalue weighted by Crippen LogP contribution is 2.24. The second-order valence-corrected chi connectivity index (χ2v) is 6.40. The highest BCUT2D eigenvalue weighted by Gasteiger charge is 2.28. The lowest BCUT2D eigenvalue weighted by atomic mass is 10.0. The summed E-state index contributed by atoms with van der Waals surface area (Å²) in [5, 5.41) is 0. The minimum Gasteiger partial charge on any atom is -0.309 e. The molecule has 4 heteroatoms. The number of anilines is 1. The molecule has 26 heavy (non-hydrogen) atoms. The topological polar surface area (TPSA) is 23.6 Å².